The average Bonchev–Trinajstić information content (AvgIpc) is 3.26. The number of carbonyl (C=O) groups excluding carboxylic acids is 2. The third-order valence-corrected chi connectivity index (χ3v) is 7.56. The number of halogens is 4. The normalized spacial score (nSPS) is 15.2. The highest BCUT2D eigenvalue weighted by Crippen LogP contribution is 2.38. The molecule has 5 rings (SSSR count). The lowest BCUT2D eigenvalue weighted by Crippen LogP contribution is -2.27. The second-order valence-corrected chi connectivity index (χ2v) is 10.8. The predicted molar refractivity (Wildman–Crippen MR) is 145 cm³/mol. The molecule has 0 N–H and O–H groups in total. The van der Waals surface area contributed by atoms with Gasteiger partial charge in [0.25, 0.3) is 11.1 Å². The van der Waals surface area contributed by atoms with E-state index in [1.165, 1.54) is 0 Å². The minimum Gasteiger partial charge on any atom is -0.342 e. The van der Waals surface area contributed by atoms with Crippen LogP contribution in [0.15, 0.2) is 76.2 Å². The topological polar surface area (TPSA) is 42.3 Å². The lowest BCUT2D eigenvalue weighted by Gasteiger charge is -2.12. The van der Waals surface area contributed by atoms with Gasteiger partial charge in [0.15, 0.2) is 0 Å². The van der Waals surface area contributed by atoms with E-state index in [9.17, 15) is 9.59 Å². The van der Waals surface area contributed by atoms with Gasteiger partial charge in [-0.15, -0.1) is 0 Å². The number of fused-ring (bicyclic) bond motifs is 1. The Morgan fingerprint density at radius 3 is 2.50 bits per heavy atom. The van der Waals surface area contributed by atoms with E-state index in [0.717, 1.165) is 43.2 Å². The smallest absolute Gasteiger partial charge is 0.298 e. The van der Waals surface area contributed by atoms with Crippen LogP contribution in [-0.4, -0.2) is 15.7 Å². The Morgan fingerprint density at radius 2 is 1.74 bits per heavy atom. The fourth-order valence-corrected chi connectivity index (χ4v) is 5.67. The molecule has 2 amide bonds. The molecular weight excluding hydrogens is 579 g/mol. The number of nitrogens with zero attached hydrogens (tertiary/aromatic N) is 2. The quantitative estimate of drug-likeness (QED) is 0.223. The average molecular weight is 593 g/mol. The van der Waals surface area contributed by atoms with Crippen LogP contribution in [0.4, 0.5) is 10.5 Å². The third-order valence-electron chi connectivity index (χ3n) is 5.38. The molecule has 0 saturated carbocycles. The zero-order valence-corrected chi connectivity index (χ0v) is 21.9. The maximum absolute atomic E-state index is 13.1. The van der Waals surface area contributed by atoms with Crippen molar-refractivity contribution in [1.29, 1.82) is 0 Å². The number of thioether (sulfide) groups is 1. The van der Waals surface area contributed by atoms with Crippen LogP contribution in [0.3, 0.4) is 0 Å². The summed E-state index contributed by atoms with van der Waals surface area (Å²) in [7, 11) is 0. The van der Waals surface area contributed by atoms with E-state index in [0.29, 0.717) is 32.2 Å². The summed E-state index contributed by atoms with van der Waals surface area (Å²) in [5, 5.41) is 2.18. The molecule has 0 aliphatic carbocycles. The Balaban J connectivity index is 1.55. The summed E-state index contributed by atoms with van der Waals surface area (Å²) < 4.78 is 2.97. The molecule has 0 radical (unpaired) electrons. The molecule has 0 spiro atoms. The minimum absolute atomic E-state index is 0.341. The monoisotopic (exact) mass is 590 g/mol. The predicted octanol–water partition coefficient (Wildman–Crippen LogP) is 8.65. The molecule has 3 aromatic carbocycles. The van der Waals surface area contributed by atoms with E-state index < -0.39 is 0 Å². The molecule has 0 bridgehead atoms. The Morgan fingerprint density at radius 1 is 0.941 bits per heavy atom. The van der Waals surface area contributed by atoms with Crippen molar-refractivity contribution in [3.63, 3.8) is 0 Å². The summed E-state index contributed by atoms with van der Waals surface area (Å²) in [6, 6.07) is 18.0. The molecule has 9 heteroatoms. The van der Waals surface area contributed by atoms with E-state index in [2.05, 4.69) is 20.5 Å². The van der Waals surface area contributed by atoms with Crippen molar-refractivity contribution in [2.24, 2.45) is 0 Å². The van der Waals surface area contributed by atoms with Crippen molar-refractivity contribution in [1.82, 2.24) is 4.57 Å². The molecule has 1 fully saturated rings. The minimum atomic E-state index is -0.381. The van der Waals surface area contributed by atoms with Gasteiger partial charge in [-0.25, -0.2) is 4.90 Å². The van der Waals surface area contributed by atoms with E-state index >= 15 is 0 Å². The van der Waals surface area contributed by atoms with Crippen LogP contribution in [0.2, 0.25) is 15.1 Å². The lowest BCUT2D eigenvalue weighted by molar-refractivity contribution is -0.113. The fourth-order valence-electron chi connectivity index (χ4n) is 3.82. The van der Waals surface area contributed by atoms with Gasteiger partial charge in [0.1, 0.15) is 0 Å². The number of carbonyl (C=O) groups is 2. The molecule has 1 aliphatic heterocycles. The maximum atomic E-state index is 13.1. The molecule has 0 atom stereocenters. The Kier molecular flexibility index (Phi) is 6.53. The first-order chi connectivity index (χ1) is 16.3. The molecule has 1 aromatic heterocycles. The van der Waals surface area contributed by atoms with Crippen molar-refractivity contribution >= 4 is 96.3 Å². The van der Waals surface area contributed by atoms with E-state index in [4.69, 9.17) is 34.8 Å². The van der Waals surface area contributed by atoms with Gasteiger partial charge in [0.2, 0.25) is 0 Å². The van der Waals surface area contributed by atoms with Crippen molar-refractivity contribution < 1.29 is 9.59 Å². The SMILES string of the molecule is O=C1S/C(=C\c2cn(Cc3ccc(Cl)cc3Cl)c3ccc(Br)cc23)C(=O)N1c1cccc(Cl)c1. The lowest BCUT2D eigenvalue weighted by atomic mass is 10.1. The molecule has 1 saturated heterocycles. The largest absolute Gasteiger partial charge is 0.342 e. The number of benzene rings is 3. The van der Waals surface area contributed by atoms with Gasteiger partial charge in [-0.3, -0.25) is 9.59 Å². The maximum Gasteiger partial charge on any atom is 0.298 e. The first-order valence-electron chi connectivity index (χ1n) is 10.1. The summed E-state index contributed by atoms with van der Waals surface area (Å²) in [6.45, 7) is 0.520. The first kappa shape index (κ1) is 23.5. The number of rotatable bonds is 4. The van der Waals surface area contributed by atoms with E-state index in [-0.39, 0.29) is 11.1 Å². The standard InChI is InChI=1S/C25H14BrCl3N2O2S/c26-16-5-7-22-20(9-16)15(13-30(22)12-14-4-6-18(28)11-21(14)29)8-23-24(32)31(25(33)34-23)19-3-1-2-17(27)10-19/h1-11,13H,12H2/b23-8-. The number of anilines is 1. The molecule has 0 unspecified atom stereocenters. The van der Waals surface area contributed by atoms with Crippen LogP contribution in [0.1, 0.15) is 11.1 Å². The number of hydrogen-bond acceptors (Lipinski definition) is 3. The van der Waals surface area contributed by atoms with Gasteiger partial charge < -0.3 is 4.57 Å². The van der Waals surface area contributed by atoms with Crippen LogP contribution >= 0.6 is 62.5 Å². The van der Waals surface area contributed by atoms with Crippen LogP contribution in [0.25, 0.3) is 17.0 Å². The highest BCUT2D eigenvalue weighted by Gasteiger charge is 2.36. The Labute approximate surface area is 223 Å². The molecule has 170 valence electrons. The summed E-state index contributed by atoms with van der Waals surface area (Å²) in [4.78, 5) is 27.3. The number of hydrogen-bond donors (Lipinski definition) is 0. The van der Waals surface area contributed by atoms with Gasteiger partial charge >= 0.3 is 0 Å². The highest BCUT2D eigenvalue weighted by atomic mass is 79.9. The first-order valence-corrected chi connectivity index (χ1v) is 12.8. The van der Waals surface area contributed by atoms with Crippen molar-refractivity contribution in [2.45, 2.75) is 6.54 Å². The van der Waals surface area contributed by atoms with E-state index in [1.54, 1.807) is 42.5 Å². The van der Waals surface area contributed by atoms with Crippen LogP contribution < -0.4 is 4.90 Å². The van der Waals surface area contributed by atoms with Gasteiger partial charge in [-0.1, -0.05) is 62.9 Å². The summed E-state index contributed by atoms with van der Waals surface area (Å²) >= 11 is 22.9. The summed E-state index contributed by atoms with van der Waals surface area (Å²) in [5.74, 6) is -0.381. The number of imide groups is 1. The van der Waals surface area contributed by atoms with Crippen molar-refractivity contribution in [3.8, 4) is 0 Å². The van der Waals surface area contributed by atoms with Gasteiger partial charge in [0.05, 0.1) is 10.6 Å². The van der Waals surface area contributed by atoms with Gasteiger partial charge in [-0.2, -0.15) is 0 Å². The molecule has 2 heterocycles. The summed E-state index contributed by atoms with van der Waals surface area (Å²) in [6.07, 6.45) is 3.71. The molecule has 4 aromatic rings. The van der Waals surface area contributed by atoms with Gasteiger partial charge in [0, 0.05) is 48.7 Å². The zero-order chi connectivity index (χ0) is 24.0. The van der Waals surface area contributed by atoms with Crippen molar-refractivity contribution in [2.75, 3.05) is 4.90 Å². The third kappa shape index (κ3) is 4.53. The molecule has 1 aliphatic rings. The highest BCUT2D eigenvalue weighted by molar-refractivity contribution is 9.10. The van der Waals surface area contributed by atoms with Crippen LogP contribution in [0.5, 0.6) is 0 Å². The van der Waals surface area contributed by atoms with Crippen molar-refractivity contribution in [3.05, 3.63) is 102 Å². The number of amides is 2. The van der Waals surface area contributed by atoms with Gasteiger partial charge in [-0.05, 0) is 71.9 Å². The molecular formula is C25H14BrCl3N2O2S. The Bertz CT molecular complexity index is 1520. The Hall–Kier alpha value is -2.22. The zero-order valence-electron chi connectivity index (χ0n) is 17.3. The summed E-state index contributed by atoms with van der Waals surface area (Å²) in [5.41, 5.74) is 3.15. The van der Waals surface area contributed by atoms with E-state index in [1.807, 2.05) is 30.5 Å². The molecule has 34 heavy (non-hydrogen) atoms. The molecule has 4 nitrogen and oxygen atoms in total. The van der Waals surface area contributed by atoms with Crippen LogP contribution in [-0.2, 0) is 11.3 Å². The second kappa shape index (κ2) is 9.44. The number of aromatic nitrogens is 1. The van der Waals surface area contributed by atoms with Crippen LogP contribution in [0, 0.1) is 0 Å². The second-order valence-electron chi connectivity index (χ2n) is 7.61. The fraction of sp³-hybridized carbons (Fsp3) is 0.0400.